The van der Waals surface area contributed by atoms with Crippen LogP contribution in [0.2, 0.25) is 0 Å². The molecule has 11 nitrogen and oxygen atoms in total. The Kier molecular flexibility index (Phi) is 11.3. The maximum absolute atomic E-state index is 14.9. The van der Waals surface area contributed by atoms with Crippen LogP contribution in [0, 0.1) is 17.7 Å². The number of carbonyl (C=O) groups excluding carboxylic acids is 2. The number of aliphatic hydroxyl groups is 1. The second-order valence-corrected chi connectivity index (χ2v) is 11.8. The first-order valence-electron chi connectivity index (χ1n) is 15.0. The molecule has 0 unspecified atom stereocenters. The van der Waals surface area contributed by atoms with Crippen LogP contribution < -0.4 is 0 Å². The van der Waals surface area contributed by atoms with Gasteiger partial charge in [0.1, 0.15) is 17.7 Å². The van der Waals surface area contributed by atoms with Crippen LogP contribution in [-0.2, 0) is 25.5 Å². The van der Waals surface area contributed by atoms with Crippen molar-refractivity contribution in [2.75, 3.05) is 46.9 Å². The van der Waals surface area contributed by atoms with Gasteiger partial charge in [0.2, 0.25) is 0 Å². The molecular weight excluding hydrogens is 557 g/mol. The number of aromatic nitrogens is 3. The highest BCUT2D eigenvalue weighted by atomic mass is 19.1. The zero-order chi connectivity index (χ0) is 31.1. The molecule has 0 spiro atoms. The van der Waals surface area contributed by atoms with Crippen LogP contribution in [0.25, 0.3) is 17.1 Å². The summed E-state index contributed by atoms with van der Waals surface area (Å²) in [6.07, 6.45) is 3.86. The SMILES string of the molecule is COCCn1nnc2c(F)cc(/C=C(\C)[C@H]3OC(=O)C[C@@H](O)CC[C@@H](C)[C@@H](OC(=O)N4CCN(C)CC4)/C=C\[C@@H]3C)cc21. The molecule has 0 radical (unpaired) electrons. The number of piperazine rings is 1. The van der Waals surface area contributed by atoms with Crippen LogP contribution in [0.3, 0.4) is 0 Å². The Morgan fingerprint density at radius 1 is 1.19 bits per heavy atom. The number of amides is 1. The summed E-state index contributed by atoms with van der Waals surface area (Å²) in [5, 5.41) is 18.6. The molecule has 2 aliphatic heterocycles. The Labute approximate surface area is 252 Å². The van der Waals surface area contributed by atoms with Crippen LogP contribution in [0.4, 0.5) is 9.18 Å². The van der Waals surface area contributed by atoms with E-state index in [9.17, 15) is 19.1 Å². The number of likely N-dealkylation sites (N-methyl/N-ethyl adjacent to an activating group) is 1. The lowest BCUT2D eigenvalue weighted by atomic mass is 9.91. The molecule has 0 saturated carbocycles. The van der Waals surface area contributed by atoms with Crippen molar-refractivity contribution in [3.8, 4) is 0 Å². The van der Waals surface area contributed by atoms with Gasteiger partial charge in [0.15, 0.2) is 5.82 Å². The first-order valence-corrected chi connectivity index (χ1v) is 15.0. The van der Waals surface area contributed by atoms with Gasteiger partial charge in [-0.05, 0) is 62.1 Å². The number of ether oxygens (including phenoxy) is 3. The molecule has 5 atom stereocenters. The fourth-order valence-corrected chi connectivity index (χ4v) is 5.45. The van der Waals surface area contributed by atoms with Gasteiger partial charge in [-0.3, -0.25) is 4.79 Å². The van der Waals surface area contributed by atoms with E-state index in [4.69, 9.17) is 14.2 Å². The lowest BCUT2D eigenvalue weighted by molar-refractivity contribution is -0.151. The van der Waals surface area contributed by atoms with E-state index in [1.54, 1.807) is 28.8 Å². The number of nitrogens with zero attached hydrogens (tertiary/aromatic N) is 5. The number of methoxy groups -OCH3 is 1. The first-order chi connectivity index (χ1) is 20.5. The van der Waals surface area contributed by atoms with Crippen LogP contribution in [-0.4, -0.2) is 107 Å². The maximum atomic E-state index is 14.9. The third kappa shape index (κ3) is 8.61. The van der Waals surface area contributed by atoms with Gasteiger partial charge in [0.25, 0.3) is 0 Å². The number of cyclic esters (lactones) is 1. The third-order valence-electron chi connectivity index (χ3n) is 8.20. The second-order valence-electron chi connectivity index (χ2n) is 11.8. The molecular formula is C31H44FN5O6. The Balaban J connectivity index is 1.59. The number of benzene rings is 1. The van der Waals surface area contributed by atoms with Gasteiger partial charge in [-0.15, -0.1) is 5.10 Å². The minimum Gasteiger partial charge on any atom is -0.457 e. The smallest absolute Gasteiger partial charge is 0.410 e. The summed E-state index contributed by atoms with van der Waals surface area (Å²) in [6, 6.07) is 3.16. The molecule has 2 aromatic rings. The van der Waals surface area contributed by atoms with Crippen molar-refractivity contribution in [2.24, 2.45) is 11.8 Å². The third-order valence-corrected chi connectivity index (χ3v) is 8.20. The molecule has 12 heteroatoms. The van der Waals surface area contributed by atoms with Crippen molar-refractivity contribution < 1.29 is 33.3 Å². The molecule has 1 N–H and O–H groups in total. The molecule has 2 aliphatic rings. The molecule has 4 rings (SSSR count). The average Bonchev–Trinajstić information content (AvgIpc) is 3.38. The van der Waals surface area contributed by atoms with E-state index in [0.717, 1.165) is 13.1 Å². The van der Waals surface area contributed by atoms with E-state index < -0.39 is 30.1 Å². The number of halogens is 1. The zero-order valence-electron chi connectivity index (χ0n) is 25.7. The number of rotatable bonds is 6. The monoisotopic (exact) mass is 601 g/mol. The number of carbonyl (C=O) groups is 2. The van der Waals surface area contributed by atoms with E-state index >= 15 is 0 Å². The summed E-state index contributed by atoms with van der Waals surface area (Å²) in [5.41, 5.74) is 1.95. The van der Waals surface area contributed by atoms with Crippen LogP contribution in [0.5, 0.6) is 0 Å². The highest BCUT2D eigenvalue weighted by Gasteiger charge is 2.29. The van der Waals surface area contributed by atoms with Crippen LogP contribution in [0.1, 0.15) is 45.6 Å². The van der Waals surface area contributed by atoms with Crippen LogP contribution in [0.15, 0.2) is 29.9 Å². The van der Waals surface area contributed by atoms with E-state index in [1.165, 1.54) is 6.07 Å². The predicted octanol–water partition coefficient (Wildman–Crippen LogP) is 3.66. The summed E-state index contributed by atoms with van der Waals surface area (Å²) in [4.78, 5) is 29.8. The van der Waals surface area contributed by atoms with Crippen LogP contribution >= 0.6 is 0 Å². The Bertz CT molecular complexity index is 1320. The molecule has 3 heterocycles. The van der Waals surface area contributed by atoms with Crippen molar-refractivity contribution in [1.82, 2.24) is 24.8 Å². The standard InChI is InChI=1S/C31H44FN5O6/c1-20-6-8-24(38)19-28(39)43-30(21(2)7-9-27(20)42-31(40)36-12-10-35(4)11-13-36)22(3)16-23-17-25(32)29-26(18-23)37(34-33-29)14-15-41-5/h7,9,16-18,20-21,24,27,30,38H,6,8,10-15,19H2,1-5H3/b9-7-,22-16+/t20-,21+,24+,27+,30+/m1/s1. The van der Waals surface area contributed by atoms with Gasteiger partial charge in [-0.25, -0.2) is 13.9 Å². The fraction of sp³-hybridized carbons (Fsp3) is 0.613. The van der Waals surface area contributed by atoms with E-state index in [-0.39, 0.29) is 29.9 Å². The summed E-state index contributed by atoms with van der Waals surface area (Å²) >= 11 is 0. The largest absolute Gasteiger partial charge is 0.457 e. The average molecular weight is 602 g/mol. The number of hydrogen-bond acceptors (Lipinski definition) is 9. The van der Waals surface area contributed by atoms with Crippen molar-refractivity contribution >= 4 is 29.2 Å². The van der Waals surface area contributed by atoms with Crippen molar-refractivity contribution in [2.45, 2.75) is 64.9 Å². The Hall–Kier alpha value is -3.35. The molecule has 0 bridgehead atoms. The number of hydrogen-bond donors (Lipinski definition) is 1. The summed E-state index contributed by atoms with van der Waals surface area (Å²) < 4.78 is 33.5. The topological polar surface area (TPSA) is 119 Å². The highest BCUT2D eigenvalue weighted by molar-refractivity contribution is 5.79. The molecule has 0 aliphatic carbocycles. The van der Waals surface area contributed by atoms with Gasteiger partial charge in [-0.1, -0.05) is 31.2 Å². The van der Waals surface area contributed by atoms with Gasteiger partial charge < -0.3 is 29.1 Å². The number of esters is 1. The second kappa shape index (κ2) is 14.9. The predicted molar refractivity (Wildman–Crippen MR) is 160 cm³/mol. The first kappa shape index (κ1) is 32.6. The normalized spacial score (nSPS) is 27.3. The fourth-order valence-electron chi connectivity index (χ4n) is 5.45. The number of fused-ring (bicyclic) bond motifs is 1. The quantitative estimate of drug-likeness (QED) is 0.391. The lowest BCUT2D eigenvalue weighted by Crippen LogP contribution is -2.48. The summed E-state index contributed by atoms with van der Waals surface area (Å²) in [6.45, 7) is 9.31. The zero-order valence-corrected chi connectivity index (χ0v) is 25.7. The van der Waals surface area contributed by atoms with Crippen molar-refractivity contribution in [3.05, 3.63) is 41.2 Å². The molecule has 1 fully saturated rings. The van der Waals surface area contributed by atoms with E-state index in [1.807, 2.05) is 40.0 Å². The Morgan fingerprint density at radius 3 is 2.65 bits per heavy atom. The number of aliphatic hydroxyl groups excluding tert-OH is 1. The summed E-state index contributed by atoms with van der Waals surface area (Å²) in [7, 11) is 3.60. The van der Waals surface area contributed by atoms with Crippen molar-refractivity contribution in [3.63, 3.8) is 0 Å². The van der Waals surface area contributed by atoms with Crippen molar-refractivity contribution in [1.29, 1.82) is 0 Å². The minimum absolute atomic E-state index is 0.0775. The van der Waals surface area contributed by atoms with Gasteiger partial charge >= 0.3 is 12.1 Å². The van der Waals surface area contributed by atoms with E-state index in [2.05, 4.69) is 15.2 Å². The highest BCUT2D eigenvalue weighted by Crippen LogP contribution is 2.27. The Morgan fingerprint density at radius 2 is 1.93 bits per heavy atom. The lowest BCUT2D eigenvalue weighted by Gasteiger charge is -2.33. The van der Waals surface area contributed by atoms with E-state index in [0.29, 0.717) is 55.7 Å². The molecule has 43 heavy (non-hydrogen) atoms. The molecule has 1 saturated heterocycles. The molecule has 1 aromatic carbocycles. The molecule has 1 amide bonds. The maximum Gasteiger partial charge on any atom is 0.410 e. The minimum atomic E-state index is -0.885. The molecule has 236 valence electrons. The molecule has 1 aromatic heterocycles. The van der Waals surface area contributed by atoms with Gasteiger partial charge in [-0.2, -0.15) is 0 Å². The van der Waals surface area contributed by atoms with Gasteiger partial charge in [0.05, 0.1) is 31.2 Å². The van der Waals surface area contributed by atoms with Gasteiger partial charge in [0, 0.05) is 39.2 Å². The summed E-state index contributed by atoms with van der Waals surface area (Å²) in [5.74, 6) is -1.41.